The third-order valence-corrected chi connectivity index (χ3v) is 3.81. The number of rotatable bonds is 15. The van der Waals surface area contributed by atoms with Crippen molar-refractivity contribution >= 4 is 11.9 Å². The number of carboxylic acids is 1. The summed E-state index contributed by atoms with van der Waals surface area (Å²) >= 11 is 0. The van der Waals surface area contributed by atoms with E-state index in [0.717, 1.165) is 12.5 Å². The van der Waals surface area contributed by atoms with Crippen LogP contribution in [0.1, 0.15) is 12.8 Å². The van der Waals surface area contributed by atoms with Crippen LogP contribution in [-0.2, 0) is 23.8 Å². The second-order valence-corrected chi connectivity index (χ2v) is 6.06. The Kier molecular flexibility index (Phi) is 9.36. The number of ether oxygens (including phenoxy) is 3. The fourth-order valence-corrected chi connectivity index (χ4v) is 1.94. The Bertz CT molecular complexity index is 758. The van der Waals surface area contributed by atoms with E-state index in [9.17, 15) is 62.3 Å². The van der Waals surface area contributed by atoms with Gasteiger partial charge in [-0.2, -0.15) is 52.7 Å². The van der Waals surface area contributed by atoms with Crippen LogP contribution in [0, 0.1) is 0 Å². The summed E-state index contributed by atoms with van der Waals surface area (Å²) in [5.41, 5.74) is 0. The molecule has 0 fully saturated rings. The highest BCUT2D eigenvalue weighted by Gasteiger charge is 2.92. The Morgan fingerprint density at radius 2 is 1.12 bits per heavy atom. The zero-order chi connectivity index (χ0) is 27.4. The lowest BCUT2D eigenvalue weighted by molar-refractivity contribution is -0.417. The minimum Gasteiger partial charge on any atom is -0.477 e. The van der Waals surface area contributed by atoms with Crippen LogP contribution in [0.3, 0.4) is 0 Å². The molecular weight excluding hydrogens is 516 g/mol. The Labute approximate surface area is 181 Å². The van der Waals surface area contributed by atoms with E-state index in [1.807, 2.05) is 0 Å². The lowest BCUT2D eigenvalue weighted by Crippen LogP contribution is -2.72. The van der Waals surface area contributed by atoms with Gasteiger partial charge in [0.25, 0.3) is 0 Å². The third kappa shape index (κ3) is 5.13. The highest BCUT2D eigenvalue weighted by molar-refractivity contribution is 5.79. The van der Waals surface area contributed by atoms with Gasteiger partial charge in [-0.25, -0.2) is 9.59 Å². The molecule has 0 radical (unpaired) electrons. The standard InChI is InChI=1S/C16H14F12O6/c1-3-32-8(33-4-2)6-5-7-34-10(31)12(19,20)14(23,24)16(27,28)15(25,26)13(21,22)11(17,18)9(29)30/h3-4,8H,1-2,5-7H2,(H,29,30). The summed E-state index contributed by atoms with van der Waals surface area (Å²) in [5.74, 6) is -53.7. The molecule has 198 valence electrons. The van der Waals surface area contributed by atoms with Gasteiger partial charge in [0.05, 0.1) is 19.1 Å². The molecule has 0 aliphatic rings. The number of esters is 1. The average molecular weight is 530 g/mol. The Morgan fingerprint density at radius 1 is 0.735 bits per heavy atom. The van der Waals surface area contributed by atoms with Gasteiger partial charge in [-0.15, -0.1) is 0 Å². The fourth-order valence-electron chi connectivity index (χ4n) is 1.94. The molecule has 0 bridgehead atoms. The first kappa shape index (κ1) is 31.2. The van der Waals surface area contributed by atoms with E-state index in [1.54, 1.807) is 0 Å². The SMILES string of the molecule is C=COC(CCCOC(=O)C(F)(F)C(F)(F)C(F)(F)C(F)(F)C(F)(F)C(F)(F)C(=O)O)OC=C. The normalized spacial score (nSPS) is 13.9. The number of carbonyl (C=O) groups excluding carboxylic acids is 1. The van der Waals surface area contributed by atoms with Gasteiger partial charge in [0.15, 0.2) is 0 Å². The second kappa shape index (κ2) is 10.2. The van der Waals surface area contributed by atoms with Crippen molar-refractivity contribution in [1.29, 1.82) is 0 Å². The number of aliphatic carboxylic acids is 1. The van der Waals surface area contributed by atoms with Crippen LogP contribution in [0.25, 0.3) is 0 Å². The van der Waals surface area contributed by atoms with Gasteiger partial charge in [0, 0.05) is 6.42 Å². The molecular formula is C16H14F12O6. The molecule has 0 saturated heterocycles. The van der Waals surface area contributed by atoms with Crippen molar-refractivity contribution in [2.24, 2.45) is 0 Å². The Morgan fingerprint density at radius 3 is 1.47 bits per heavy atom. The molecule has 0 spiro atoms. The molecule has 0 heterocycles. The van der Waals surface area contributed by atoms with Gasteiger partial charge >= 0.3 is 47.5 Å². The number of alkyl halides is 12. The van der Waals surface area contributed by atoms with Crippen molar-refractivity contribution in [2.45, 2.75) is 54.7 Å². The largest absolute Gasteiger partial charge is 0.477 e. The molecule has 0 aromatic carbocycles. The summed E-state index contributed by atoms with van der Waals surface area (Å²) in [4.78, 5) is 21.2. The number of halogens is 12. The van der Waals surface area contributed by atoms with Crippen LogP contribution < -0.4 is 0 Å². The van der Waals surface area contributed by atoms with Crippen molar-refractivity contribution in [3.63, 3.8) is 0 Å². The maximum atomic E-state index is 13.6. The molecule has 0 amide bonds. The number of hydrogen-bond acceptors (Lipinski definition) is 5. The van der Waals surface area contributed by atoms with Crippen molar-refractivity contribution in [3.05, 3.63) is 25.7 Å². The van der Waals surface area contributed by atoms with E-state index in [0.29, 0.717) is 0 Å². The molecule has 0 aromatic rings. The highest BCUT2D eigenvalue weighted by atomic mass is 19.4. The van der Waals surface area contributed by atoms with Crippen molar-refractivity contribution < 1.29 is 81.6 Å². The molecule has 0 aliphatic heterocycles. The zero-order valence-corrected chi connectivity index (χ0v) is 16.3. The maximum absolute atomic E-state index is 13.6. The van der Waals surface area contributed by atoms with Crippen LogP contribution in [0.2, 0.25) is 0 Å². The van der Waals surface area contributed by atoms with Crippen molar-refractivity contribution in [3.8, 4) is 0 Å². The summed E-state index contributed by atoms with van der Waals surface area (Å²) in [6.07, 6.45) is -0.522. The Balaban J connectivity index is 5.79. The molecule has 1 N–H and O–H groups in total. The molecule has 0 rings (SSSR count). The fraction of sp³-hybridized carbons (Fsp3) is 0.625. The van der Waals surface area contributed by atoms with E-state index in [2.05, 4.69) is 27.4 Å². The smallest absolute Gasteiger partial charge is 0.410 e. The zero-order valence-electron chi connectivity index (χ0n) is 16.3. The van der Waals surface area contributed by atoms with E-state index < -0.39 is 66.8 Å². The van der Waals surface area contributed by atoms with Gasteiger partial charge in [-0.1, -0.05) is 13.2 Å². The van der Waals surface area contributed by atoms with E-state index in [1.165, 1.54) is 0 Å². The van der Waals surface area contributed by atoms with Gasteiger partial charge < -0.3 is 19.3 Å². The summed E-state index contributed by atoms with van der Waals surface area (Å²) in [6.45, 7) is 4.95. The van der Waals surface area contributed by atoms with Crippen LogP contribution in [0.5, 0.6) is 0 Å². The van der Waals surface area contributed by atoms with Gasteiger partial charge in [0.2, 0.25) is 6.29 Å². The number of carbonyl (C=O) groups is 2. The second-order valence-electron chi connectivity index (χ2n) is 6.06. The van der Waals surface area contributed by atoms with Gasteiger partial charge in [-0.3, -0.25) is 0 Å². The molecule has 0 saturated carbocycles. The number of carboxylic acid groups (broad SMARTS) is 1. The lowest BCUT2D eigenvalue weighted by atomic mass is 9.91. The maximum Gasteiger partial charge on any atom is 0.410 e. The summed E-state index contributed by atoms with van der Waals surface area (Å²) < 4.78 is 173. The van der Waals surface area contributed by atoms with E-state index in [4.69, 9.17) is 5.11 Å². The summed E-state index contributed by atoms with van der Waals surface area (Å²) in [7, 11) is 0. The quantitative estimate of drug-likeness (QED) is 0.107. The number of hydrogen-bond donors (Lipinski definition) is 1. The lowest BCUT2D eigenvalue weighted by Gasteiger charge is -2.39. The first-order chi connectivity index (χ1) is 15.1. The monoisotopic (exact) mass is 530 g/mol. The molecule has 0 aromatic heterocycles. The first-order valence-corrected chi connectivity index (χ1v) is 8.31. The third-order valence-electron chi connectivity index (χ3n) is 3.81. The van der Waals surface area contributed by atoms with E-state index >= 15 is 0 Å². The minimum absolute atomic E-state index is 0.363. The first-order valence-electron chi connectivity index (χ1n) is 8.31. The van der Waals surface area contributed by atoms with Crippen LogP contribution in [0.15, 0.2) is 25.7 Å². The van der Waals surface area contributed by atoms with Crippen LogP contribution >= 0.6 is 0 Å². The Hall–Kier alpha value is -2.82. The van der Waals surface area contributed by atoms with Gasteiger partial charge in [-0.05, 0) is 6.42 Å². The molecule has 6 nitrogen and oxygen atoms in total. The predicted octanol–water partition coefficient (Wildman–Crippen LogP) is 4.85. The van der Waals surface area contributed by atoms with Crippen LogP contribution in [-0.4, -0.2) is 65.5 Å². The summed E-state index contributed by atoms with van der Waals surface area (Å²) in [5, 5.41) is 7.84. The van der Waals surface area contributed by atoms with Gasteiger partial charge in [0.1, 0.15) is 0 Å². The minimum atomic E-state index is -8.12. The molecule has 0 aliphatic carbocycles. The van der Waals surface area contributed by atoms with Crippen molar-refractivity contribution in [2.75, 3.05) is 6.61 Å². The average Bonchev–Trinajstić information content (AvgIpc) is 2.70. The summed E-state index contributed by atoms with van der Waals surface area (Å²) in [6, 6.07) is 0. The molecule has 0 atom stereocenters. The molecule has 0 unspecified atom stereocenters. The van der Waals surface area contributed by atoms with Crippen LogP contribution in [0.4, 0.5) is 52.7 Å². The highest BCUT2D eigenvalue weighted by Crippen LogP contribution is 2.60. The van der Waals surface area contributed by atoms with Crippen molar-refractivity contribution in [1.82, 2.24) is 0 Å². The molecule has 18 heteroatoms. The van der Waals surface area contributed by atoms with E-state index in [-0.39, 0.29) is 6.42 Å². The predicted molar refractivity (Wildman–Crippen MR) is 83.9 cm³/mol. The topological polar surface area (TPSA) is 82.1 Å². The molecule has 34 heavy (non-hydrogen) atoms.